The highest BCUT2D eigenvalue weighted by atomic mass is 35.5. The molecule has 0 saturated carbocycles. The molecule has 0 spiro atoms. The Morgan fingerprint density at radius 1 is 1.15 bits per heavy atom. The van der Waals surface area contributed by atoms with Gasteiger partial charge in [0.15, 0.2) is 5.13 Å². The zero-order chi connectivity index (χ0) is 14.1. The molecule has 102 valence electrons. The van der Waals surface area contributed by atoms with Crippen LogP contribution in [0.2, 0.25) is 5.02 Å². The smallest absolute Gasteiger partial charge is 0.184 e. The van der Waals surface area contributed by atoms with Gasteiger partial charge in [0.25, 0.3) is 0 Å². The fourth-order valence-electron chi connectivity index (χ4n) is 2.08. The van der Waals surface area contributed by atoms with E-state index in [1.165, 1.54) is 11.1 Å². The molecule has 0 radical (unpaired) electrons. The Hall–Kier alpha value is -1.58. The molecule has 2 aromatic carbocycles. The largest absolute Gasteiger partial charge is 0.355 e. The van der Waals surface area contributed by atoms with Gasteiger partial charge in [-0.15, -0.1) is 0 Å². The standard InChI is InChI=1S/C16H15ClN2S/c1-10-3-5-12(6-4-10)11(2)18-16-19-14-8-7-13(17)9-15(14)20-16/h3-9,11H,1-2H3,(H,18,19). The number of aryl methyl sites for hydroxylation is 1. The lowest BCUT2D eigenvalue weighted by Crippen LogP contribution is -2.05. The molecule has 1 unspecified atom stereocenters. The second-order valence-electron chi connectivity index (χ2n) is 4.91. The lowest BCUT2D eigenvalue weighted by Gasteiger charge is -2.13. The van der Waals surface area contributed by atoms with Crippen LogP contribution in [0.5, 0.6) is 0 Å². The van der Waals surface area contributed by atoms with E-state index < -0.39 is 0 Å². The maximum atomic E-state index is 6.00. The SMILES string of the molecule is Cc1ccc(C(C)Nc2nc3ccc(Cl)cc3s2)cc1. The van der Waals surface area contributed by atoms with Crippen LogP contribution in [-0.4, -0.2) is 4.98 Å². The summed E-state index contributed by atoms with van der Waals surface area (Å²) in [5.74, 6) is 0. The van der Waals surface area contributed by atoms with Gasteiger partial charge in [0.05, 0.1) is 16.3 Å². The van der Waals surface area contributed by atoms with Crippen LogP contribution in [0.3, 0.4) is 0 Å². The van der Waals surface area contributed by atoms with E-state index in [0.717, 1.165) is 20.4 Å². The quantitative estimate of drug-likeness (QED) is 0.697. The number of anilines is 1. The minimum Gasteiger partial charge on any atom is -0.355 e. The van der Waals surface area contributed by atoms with Crippen LogP contribution in [0, 0.1) is 6.92 Å². The Balaban J connectivity index is 1.83. The number of nitrogens with one attached hydrogen (secondary N) is 1. The van der Waals surface area contributed by atoms with Crippen molar-refractivity contribution in [1.29, 1.82) is 0 Å². The van der Waals surface area contributed by atoms with Gasteiger partial charge >= 0.3 is 0 Å². The molecular weight excluding hydrogens is 288 g/mol. The third kappa shape index (κ3) is 2.79. The predicted octanol–water partition coefficient (Wildman–Crippen LogP) is 5.43. The van der Waals surface area contributed by atoms with Crippen LogP contribution in [-0.2, 0) is 0 Å². The highest BCUT2D eigenvalue weighted by Crippen LogP contribution is 2.30. The van der Waals surface area contributed by atoms with Crippen LogP contribution >= 0.6 is 22.9 Å². The highest BCUT2D eigenvalue weighted by Gasteiger charge is 2.09. The zero-order valence-electron chi connectivity index (χ0n) is 11.4. The second-order valence-corrected chi connectivity index (χ2v) is 6.37. The number of halogens is 1. The molecule has 0 fully saturated rings. The first-order chi connectivity index (χ1) is 9.61. The topological polar surface area (TPSA) is 24.9 Å². The molecule has 0 amide bonds. The Kier molecular flexibility index (Phi) is 3.64. The maximum absolute atomic E-state index is 6.00. The van der Waals surface area contributed by atoms with Crippen molar-refractivity contribution in [3.8, 4) is 0 Å². The van der Waals surface area contributed by atoms with Crippen LogP contribution in [0.25, 0.3) is 10.2 Å². The minimum absolute atomic E-state index is 0.228. The lowest BCUT2D eigenvalue weighted by molar-refractivity contribution is 0.882. The molecule has 20 heavy (non-hydrogen) atoms. The number of benzene rings is 2. The van der Waals surface area contributed by atoms with E-state index >= 15 is 0 Å². The van der Waals surface area contributed by atoms with E-state index in [9.17, 15) is 0 Å². The van der Waals surface area contributed by atoms with E-state index in [1.807, 2.05) is 18.2 Å². The van der Waals surface area contributed by atoms with Gasteiger partial charge in [-0.05, 0) is 37.6 Å². The molecule has 1 heterocycles. The molecule has 0 aliphatic carbocycles. The van der Waals surface area contributed by atoms with E-state index in [0.29, 0.717) is 0 Å². The van der Waals surface area contributed by atoms with Gasteiger partial charge in [-0.3, -0.25) is 0 Å². The Morgan fingerprint density at radius 2 is 1.90 bits per heavy atom. The molecular formula is C16H15ClN2S. The normalized spacial score (nSPS) is 12.6. The van der Waals surface area contributed by atoms with E-state index in [4.69, 9.17) is 11.6 Å². The van der Waals surface area contributed by atoms with Crippen LogP contribution < -0.4 is 5.32 Å². The van der Waals surface area contributed by atoms with Crippen molar-refractivity contribution in [2.24, 2.45) is 0 Å². The van der Waals surface area contributed by atoms with Gasteiger partial charge in [0.1, 0.15) is 0 Å². The fraction of sp³-hybridized carbons (Fsp3) is 0.188. The number of fused-ring (bicyclic) bond motifs is 1. The first-order valence-corrected chi connectivity index (χ1v) is 7.70. The summed E-state index contributed by atoms with van der Waals surface area (Å²) in [6.07, 6.45) is 0. The zero-order valence-corrected chi connectivity index (χ0v) is 12.9. The molecule has 1 N–H and O–H groups in total. The second kappa shape index (κ2) is 5.43. The van der Waals surface area contributed by atoms with Gasteiger partial charge in [-0.25, -0.2) is 4.98 Å². The molecule has 1 atom stereocenters. The van der Waals surface area contributed by atoms with Gasteiger partial charge in [0, 0.05) is 5.02 Å². The summed E-state index contributed by atoms with van der Waals surface area (Å²) in [4.78, 5) is 4.59. The number of hydrogen-bond donors (Lipinski definition) is 1. The lowest BCUT2D eigenvalue weighted by atomic mass is 10.1. The maximum Gasteiger partial charge on any atom is 0.184 e. The Morgan fingerprint density at radius 3 is 2.65 bits per heavy atom. The molecule has 2 nitrogen and oxygen atoms in total. The summed E-state index contributed by atoms with van der Waals surface area (Å²) in [6, 6.07) is 14.6. The number of nitrogens with zero attached hydrogens (tertiary/aromatic N) is 1. The molecule has 4 heteroatoms. The Bertz CT molecular complexity index is 734. The van der Waals surface area contributed by atoms with Crippen LogP contribution in [0.4, 0.5) is 5.13 Å². The summed E-state index contributed by atoms with van der Waals surface area (Å²) in [5, 5.41) is 5.13. The third-order valence-electron chi connectivity index (χ3n) is 3.27. The molecule has 0 saturated heterocycles. The van der Waals surface area contributed by atoms with Crippen molar-refractivity contribution >= 4 is 38.3 Å². The molecule has 0 aliphatic rings. The summed E-state index contributed by atoms with van der Waals surface area (Å²) in [6.45, 7) is 4.24. The third-order valence-corrected chi connectivity index (χ3v) is 4.45. The first-order valence-electron chi connectivity index (χ1n) is 6.51. The van der Waals surface area contributed by atoms with Crippen molar-refractivity contribution in [3.05, 3.63) is 58.6 Å². The number of rotatable bonds is 3. The van der Waals surface area contributed by atoms with E-state index in [2.05, 4.69) is 48.4 Å². The molecule has 3 aromatic rings. The van der Waals surface area contributed by atoms with Crippen LogP contribution in [0.15, 0.2) is 42.5 Å². The van der Waals surface area contributed by atoms with Crippen molar-refractivity contribution in [2.45, 2.75) is 19.9 Å². The predicted molar refractivity (Wildman–Crippen MR) is 87.8 cm³/mol. The van der Waals surface area contributed by atoms with Gasteiger partial charge < -0.3 is 5.32 Å². The van der Waals surface area contributed by atoms with Crippen LogP contribution in [0.1, 0.15) is 24.1 Å². The molecule has 0 bridgehead atoms. The molecule has 0 aliphatic heterocycles. The Labute approximate surface area is 127 Å². The number of thiazole rings is 1. The highest BCUT2D eigenvalue weighted by molar-refractivity contribution is 7.22. The van der Waals surface area contributed by atoms with Crippen molar-refractivity contribution in [1.82, 2.24) is 4.98 Å². The average Bonchev–Trinajstić information content (AvgIpc) is 2.80. The summed E-state index contributed by atoms with van der Waals surface area (Å²) < 4.78 is 1.11. The number of aromatic nitrogens is 1. The number of hydrogen-bond acceptors (Lipinski definition) is 3. The molecule has 1 aromatic heterocycles. The van der Waals surface area contributed by atoms with Crippen molar-refractivity contribution < 1.29 is 0 Å². The van der Waals surface area contributed by atoms with E-state index in [-0.39, 0.29) is 6.04 Å². The minimum atomic E-state index is 0.228. The summed E-state index contributed by atoms with van der Waals surface area (Å²) in [5.41, 5.74) is 3.52. The summed E-state index contributed by atoms with van der Waals surface area (Å²) in [7, 11) is 0. The van der Waals surface area contributed by atoms with Gasteiger partial charge in [-0.1, -0.05) is 52.8 Å². The van der Waals surface area contributed by atoms with Gasteiger partial charge in [-0.2, -0.15) is 0 Å². The van der Waals surface area contributed by atoms with Gasteiger partial charge in [0.2, 0.25) is 0 Å². The van der Waals surface area contributed by atoms with E-state index in [1.54, 1.807) is 11.3 Å². The van der Waals surface area contributed by atoms with Crippen molar-refractivity contribution in [3.63, 3.8) is 0 Å². The van der Waals surface area contributed by atoms with Crippen molar-refractivity contribution in [2.75, 3.05) is 5.32 Å². The fourth-order valence-corrected chi connectivity index (χ4v) is 3.31. The monoisotopic (exact) mass is 302 g/mol. The first kappa shape index (κ1) is 13.4. The average molecular weight is 303 g/mol. The molecule has 3 rings (SSSR count). The summed E-state index contributed by atoms with van der Waals surface area (Å²) >= 11 is 7.63.